The minimum absolute atomic E-state index is 0. The van der Waals surface area contributed by atoms with Crippen molar-refractivity contribution >= 4 is 41.3 Å². The van der Waals surface area contributed by atoms with Crippen LogP contribution in [0, 0.1) is 6.92 Å². The summed E-state index contributed by atoms with van der Waals surface area (Å²) in [6.07, 6.45) is 0. The number of benzene rings is 1. The van der Waals surface area contributed by atoms with Crippen molar-refractivity contribution in [2.24, 2.45) is 4.99 Å². The topological polar surface area (TPSA) is 64.1 Å². The van der Waals surface area contributed by atoms with Gasteiger partial charge >= 0.3 is 0 Å². The maximum absolute atomic E-state index is 5.45. The van der Waals surface area contributed by atoms with E-state index in [4.69, 9.17) is 14.2 Å². The zero-order valence-corrected chi connectivity index (χ0v) is 18.9. The van der Waals surface area contributed by atoms with Crippen LogP contribution in [-0.4, -0.2) is 34.3 Å². The average molecular weight is 491 g/mol. The SMILES string of the molecule is CN=C(NCc1ccc(C)s1)NCc1cc(OC)c(OC)cc1OC.I. The van der Waals surface area contributed by atoms with Crippen LogP contribution >= 0.6 is 35.3 Å². The molecule has 0 bridgehead atoms. The van der Waals surface area contributed by atoms with Gasteiger partial charge in [0, 0.05) is 35.0 Å². The predicted molar refractivity (Wildman–Crippen MR) is 118 cm³/mol. The van der Waals surface area contributed by atoms with E-state index in [1.807, 2.05) is 12.1 Å². The number of rotatable bonds is 7. The number of aryl methyl sites for hydroxylation is 1. The van der Waals surface area contributed by atoms with Crippen molar-refractivity contribution in [3.8, 4) is 17.2 Å². The molecule has 0 aliphatic heterocycles. The number of methoxy groups -OCH3 is 3. The molecule has 2 aromatic rings. The minimum Gasteiger partial charge on any atom is -0.496 e. The smallest absolute Gasteiger partial charge is 0.191 e. The summed E-state index contributed by atoms with van der Waals surface area (Å²) >= 11 is 1.77. The molecule has 0 saturated carbocycles. The molecule has 0 spiro atoms. The van der Waals surface area contributed by atoms with Gasteiger partial charge in [0.15, 0.2) is 17.5 Å². The van der Waals surface area contributed by atoms with Crippen LogP contribution in [-0.2, 0) is 13.1 Å². The molecule has 0 amide bonds. The summed E-state index contributed by atoms with van der Waals surface area (Å²) in [4.78, 5) is 6.83. The number of nitrogens with one attached hydrogen (secondary N) is 2. The van der Waals surface area contributed by atoms with E-state index in [1.54, 1.807) is 39.7 Å². The molecule has 26 heavy (non-hydrogen) atoms. The molecule has 2 N–H and O–H groups in total. The first kappa shape index (κ1) is 22.4. The number of hydrogen-bond donors (Lipinski definition) is 2. The Morgan fingerprint density at radius 1 is 0.962 bits per heavy atom. The third-order valence-corrected chi connectivity index (χ3v) is 4.68. The fourth-order valence-corrected chi connectivity index (χ4v) is 3.21. The molecule has 0 atom stereocenters. The van der Waals surface area contributed by atoms with Crippen LogP contribution in [0.15, 0.2) is 29.3 Å². The van der Waals surface area contributed by atoms with E-state index in [2.05, 4.69) is 34.7 Å². The van der Waals surface area contributed by atoms with Crippen LogP contribution in [0.2, 0.25) is 0 Å². The van der Waals surface area contributed by atoms with E-state index in [0.29, 0.717) is 18.0 Å². The molecule has 0 radical (unpaired) electrons. The van der Waals surface area contributed by atoms with Crippen molar-refractivity contribution in [3.63, 3.8) is 0 Å². The Morgan fingerprint density at radius 2 is 1.58 bits per heavy atom. The zero-order valence-electron chi connectivity index (χ0n) is 15.7. The monoisotopic (exact) mass is 491 g/mol. The van der Waals surface area contributed by atoms with Crippen molar-refractivity contribution in [1.82, 2.24) is 10.6 Å². The number of thiophene rings is 1. The van der Waals surface area contributed by atoms with E-state index in [1.165, 1.54) is 9.75 Å². The molecular weight excluding hydrogens is 465 g/mol. The Labute approximate surface area is 176 Å². The van der Waals surface area contributed by atoms with Crippen molar-refractivity contribution in [3.05, 3.63) is 39.6 Å². The number of halogens is 1. The summed E-state index contributed by atoms with van der Waals surface area (Å²) < 4.78 is 16.1. The lowest BCUT2D eigenvalue weighted by atomic mass is 10.1. The summed E-state index contributed by atoms with van der Waals surface area (Å²) in [7, 11) is 6.61. The Bertz CT molecular complexity index is 734. The Morgan fingerprint density at radius 3 is 2.12 bits per heavy atom. The lowest BCUT2D eigenvalue weighted by Crippen LogP contribution is -2.36. The van der Waals surface area contributed by atoms with E-state index in [9.17, 15) is 0 Å². The minimum atomic E-state index is 0. The quantitative estimate of drug-likeness (QED) is 0.353. The van der Waals surface area contributed by atoms with E-state index in [0.717, 1.165) is 23.8 Å². The number of hydrogen-bond acceptors (Lipinski definition) is 5. The summed E-state index contributed by atoms with van der Waals surface area (Å²) in [5.74, 6) is 2.76. The van der Waals surface area contributed by atoms with E-state index < -0.39 is 0 Å². The van der Waals surface area contributed by atoms with Crippen LogP contribution in [0.25, 0.3) is 0 Å². The molecule has 1 aromatic heterocycles. The van der Waals surface area contributed by atoms with Crippen molar-refractivity contribution in [2.45, 2.75) is 20.0 Å². The molecule has 6 nitrogen and oxygen atoms in total. The van der Waals surface area contributed by atoms with Crippen LogP contribution < -0.4 is 24.8 Å². The molecule has 144 valence electrons. The molecule has 0 fully saturated rings. The van der Waals surface area contributed by atoms with Crippen LogP contribution in [0.1, 0.15) is 15.3 Å². The van der Waals surface area contributed by atoms with Gasteiger partial charge in [0.05, 0.1) is 27.9 Å². The fraction of sp³-hybridized carbons (Fsp3) is 0.389. The number of nitrogens with zero attached hydrogens (tertiary/aromatic N) is 1. The maximum atomic E-state index is 5.45. The van der Waals surface area contributed by atoms with Gasteiger partial charge in [-0.1, -0.05) is 0 Å². The van der Waals surface area contributed by atoms with Gasteiger partial charge < -0.3 is 24.8 Å². The third kappa shape index (κ3) is 5.94. The first-order valence-corrected chi connectivity index (χ1v) is 8.71. The second-order valence-corrected chi connectivity index (χ2v) is 6.68. The Balaban J connectivity index is 0.00000338. The summed E-state index contributed by atoms with van der Waals surface area (Å²) in [6, 6.07) is 7.96. The summed E-state index contributed by atoms with van der Waals surface area (Å²) in [5, 5.41) is 6.60. The second kappa shape index (κ2) is 11.1. The highest BCUT2D eigenvalue weighted by atomic mass is 127. The third-order valence-electron chi connectivity index (χ3n) is 3.68. The standard InChI is InChI=1S/C18H25N3O3S.HI/c1-12-6-7-14(25-12)11-21-18(19-2)20-10-13-8-16(23-4)17(24-5)9-15(13)22-3;/h6-9H,10-11H2,1-5H3,(H2,19,20,21);1H. The number of guanidine groups is 1. The maximum Gasteiger partial charge on any atom is 0.191 e. The largest absolute Gasteiger partial charge is 0.496 e. The predicted octanol–water partition coefficient (Wildman–Crippen LogP) is 3.57. The van der Waals surface area contributed by atoms with Gasteiger partial charge in [-0.25, -0.2) is 0 Å². The van der Waals surface area contributed by atoms with Gasteiger partial charge in [-0.15, -0.1) is 35.3 Å². The van der Waals surface area contributed by atoms with Crippen molar-refractivity contribution < 1.29 is 14.2 Å². The number of aliphatic imine (C=N–C) groups is 1. The summed E-state index contributed by atoms with van der Waals surface area (Å²) in [5.41, 5.74) is 0.954. The highest BCUT2D eigenvalue weighted by Crippen LogP contribution is 2.34. The molecule has 1 aromatic carbocycles. The van der Waals surface area contributed by atoms with Gasteiger partial charge in [-0.05, 0) is 25.1 Å². The highest BCUT2D eigenvalue weighted by Gasteiger charge is 2.12. The molecule has 8 heteroatoms. The van der Waals surface area contributed by atoms with E-state index in [-0.39, 0.29) is 24.0 Å². The van der Waals surface area contributed by atoms with Gasteiger partial charge in [-0.2, -0.15) is 0 Å². The molecule has 0 aliphatic rings. The molecule has 1 heterocycles. The Kier molecular flexibility index (Phi) is 9.57. The zero-order chi connectivity index (χ0) is 18.2. The Hall–Kier alpha value is -1.68. The van der Waals surface area contributed by atoms with Crippen LogP contribution in [0.4, 0.5) is 0 Å². The normalized spacial score (nSPS) is 10.7. The molecular formula is C18H26IN3O3S. The van der Waals surface area contributed by atoms with Crippen LogP contribution in [0.5, 0.6) is 17.2 Å². The molecule has 2 rings (SSSR count). The summed E-state index contributed by atoms with van der Waals surface area (Å²) in [6.45, 7) is 3.39. The van der Waals surface area contributed by atoms with Gasteiger partial charge in [0.25, 0.3) is 0 Å². The highest BCUT2D eigenvalue weighted by molar-refractivity contribution is 14.0. The van der Waals surface area contributed by atoms with E-state index >= 15 is 0 Å². The number of ether oxygens (including phenoxy) is 3. The second-order valence-electron chi connectivity index (χ2n) is 5.31. The fourth-order valence-electron chi connectivity index (χ4n) is 2.38. The molecule has 0 aliphatic carbocycles. The van der Waals surface area contributed by atoms with Gasteiger partial charge in [0.2, 0.25) is 0 Å². The van der Waals surface area contributed by atoms with Gasteiger partial charge in [0.1, 0.15) is 5.75 Å². The lowest BCUT2D eigenvalue weighted by Gasteiger charge is -2.16. The van der Waals surface area contributed by atoms with Crippen molar-refractivity contribution in [2.75, 3.05) is 28.4 Å². The van der Waals surface area contributed by atoms with Crippen molar-refractivity contribution in [1.29, 1.82) is 0 Å². The van der Waals surface area contributed by atoms with Crippen LogP contribution in [0.3, 0.4) is 0 Å². The molecule has 0 unspecified atom stereocenters. The van der Waals surface area contributed by atoms with Gasteiger partial charge in [-0.3, -0.25) is 4.99 Å². The average Bonchev–Trinajstić information content (AvgIpc) is 3.06. The first-order chi connectivity index (χ1) is 12.1. The lowest BCUT2D eigenvalue weighted by molar-refractivity contribution is 0.347. The first-order valence-electron chi connectivity index (χ1n) is 7.90. The molecule has 0 saturated heterocycles.